The first kappa shape index (κ1) is 52.2. The number of amides is 2. The van der Waals surface area contributed by atoms with Crippen LogP contribution >= 0.6 is 54.5 Å². The van der Waals surface area contributed by atoms with Gasteiger partial charge in [-0.2, -0.15) is 0 Å². The first-order valence-corrected chi connectivity index (χ1v) is 27.3. The lowest BCUT2D eigenvalue weighted by atomic mass is 10.1. The SMILES string of the molecule is CI.CNC(=O)c1c(-c2ccc(Oc3ccc(F)cc3)nc2)oc2cc(N(C)S(C)(=O)=O)c(Br)cc12.CNC(=O)c1c(-c2ccc(Oc3ccc(F)cc3)nc2)oc2cc(NS(C)(=O)=O)c(Br)cc12. The van der Waals surface area contributed by atoms with Gasteiger partial charge in [0.15, 0.2) is 0 Å². The van der Waals surface area contributed by atoms with Gasteiger partial charge in [-0.05, 0) is 110 Å². The molecule has 0 bridgehead atoms. The van der Waals surface area contributed by atoms with Gasteiger partial charge in [-0.15, -0.1) is 0 Å². The van der Waals surface area contributed by atoms with Crippen molar-refractivity contribution in [1.29, 1.82) is 0 Å². The summed E-state index contributed by atoms with van der Waals surface area (Å²) in [6, 6.07) is 23.9. The van der Waals surface area contributed by atoms with E-state index < -0.39 is 20.0 Å². The third-order valence-corrected chi connectivity index (χ3v) is 12.7. The fourth-order valence-corrected chi connectivity index (χ4v) is 8.80. The van der Waals surface area contributed by atoms with Gasteiger partial charge in [0.1, 0.15) is 45.8 Å². The smallest absolute Gasteiger partial charge is 0.255 e. The highest BCUT2D eigenvalue weighted by molar-refractivity contribution is 14.1. The van der Waals surface area contributed by atoms with Crippen LogP contribution in [0, 0.1) is 11.6 Å². The number of rotatable bonds is 12. The van der Waals surface area contributed by atoms with Gasteiger partial charge in [0, 0.05) is 88.6 Å². The molecule has 0 atom stereocenters. The molecule has 360 valence electrons. The van der Waals surface area contributed by atoms with Crippen LogP contribution in [-0.2, 0) is 20.0 Å². The van der Waals surface area contributed by atoms with Crippen molar-refractivity contribution in [2.45, 2.75) is 0 Å². The Hall–Kier alpha value is -6.15. The Morgan fingerprint density at radius 3 is 1.45 bits per heavy atom. The zero-order valence-electron chi connectivity index (χ0n) is 37.0. The molecule has 0 saturated heterocycles. The molecule has 4 aromatic carbocycles. The molecule has 0 fully saturated rings. The third kappa shape index (κ3) is 12.6. The summed E-state index contributed by atoms with van der Waals surface area (Å²) >= 11 is 8.88. The molecular weight excluding hydrogens is 1190 g/mol. The Bertz CT molecular complexity index is 3400. The molecule has 16 nitrogen and oxygen atoms in total. The number of anilines is 2. The molecule has 0 aliphatic rings. The van der Waals surface area contributed by atoms with Crippen LogP contribution in [0.3, 0.4) is 0 Å². The van der Waals surface area contributed by atoms with Gasteiger partial charge in [0.25, 0.3) is 11.8 Å². The van der Waals surface area contributed by atoms with Crippen LogP contribution in [0.15, 0.2) is 127 Å². The predicted molar refractivity (Wildman–Crippen MR) is 276 cm³/mol. The molecule has 4 aromatic heterocycles. The first-order chi connectivity index (χ1) is 32.7. The Labute approximate surface area is 425 Å². The van der Waals surface area contributed by atoms with Crippen LogP contribution < -0.4 is 29.1 Å². The summed E-state index contributed by atoms with van der Waals surface area (Å²) in [6.45, 7) is 0. The Balaban J connectivity index is 0.000000219. The van der Waals surface area contributed by atoms with E-state index in [-0.39, 0.29) is 63.5 Å². The first-order valence-electron chi connectivity index (χ1n) is 19.8. The maximum Gasteiger partial charge on any atom is 0.255 e. The number of alkyl halides is 1. The van der Waals surface area contributed by atoms with Crippen molar-refractivity contribution in [1.82, 2.24) is 20.6 Å². The summed E-state index contributed by atoms with van der Waals surface area (Å²) in [4.78, 5) is 35.9. The Morgan fingerprint density at radius 2 is 1.07 bits per heavy atom. The summed E-state index contributed by atoms with van der Waals surface area (Å²) in [5, 5.41) is 6.18. The lowest BCUT2D eigenvalue weighted by Gasteiger charge is -2.18. The number of nitrogens with one attached hydrogen (secondary N) is 3. The van der Waals surface area contributed by atoms with Gasteiger partial charge in [-0.3, -0.25) is 18.6 Å². The molecule has 8 aromatic rings. The highest BCUT2D eigenvalue weighted by Crippen LogP contribution is 2.41. The zero-order valence-corrected chi connectivity index (χ0v) is 44.0. The highest BCUT2D eigenvalue weighted by atomic mass is 127. The average molecular weight is 1220 g/mol. The van der Waals surface area contributed by atoms with Crippen LogP contribution in [0.1, 0.15) is 20.7 Å². The number of carbonyl (C=O) groups is 2. The van der Waals surface area contributed by atoms with Crippen LogP contribution in [0.25, 0.3) is 44.6 Å². The number of ether oxygens (including phenoxy) is 2. The van der Waals surface area contributed by atoms with E-state index in [2.05, 4.69) is 79.8 Å². The van der Waals surface area contributed by atoms with E-state index in [1.54, 1.807) is 42.5 Å². The number of pyridine rings is 2. The molecular formula is C46H39Br2F2IN6O10S2. The number of aromatic nitrogens is 2. The van der Waals surface area contributed by atoms with E-state index >= 15 is 0 Å². The van der Waals surface area contributed by atoms with Crippen molar-refractivity contribution in [2.24, 2.45) is 0 Å². The van der Waals surface area contributed by atoms with E-state index in [9.17, 15) is 35.2 Å². The lowest BCUT2D eigenvalue weighted by molar-refractivity contribution is 0.0956. The molecule has 0 aliphatic carbocycles. The molecule has 3 N–H and O–H groups in total. The van der Waals surface area contributed by atoms with Crippen molar-refractivity contribution in [3.63, 3.8) is 0 Å². The predicted octanol–water partition coefficient (Wildman–Crippen LogP) is 10.9. The third-order valence-electron chi connectivity index (χ3n) is 9.64. The average Bonchev–Trinajstić information content (AvgIpc) is 3.88. The maximum absolute atomic E-state index is 13.1. The van der Waals surface area contributed by atoms with Crippen LogP contribution in [0.2, 0.25) is 0 Å². The van der Waals surface area contributed by atoms with Gasteiger partial charge in [0.2, 0.25) is 31.8 Å². The second-order valence-electron chi connectivity index (χ2n) is 14.4. The van der Waals surface area contributed by atoms with Crippen molar-refractivity contribution >= 4 is 120 Å². The van der Waals surface area contributed by atoms with Crippen molar-refractivity contribution in [3.05, 3.63) is 141 Å². The number of hydrogen-bond donors (Lipinski definition) is 3. The molecule has 0 saturated carbocycles. The van der Waals surface area contributed by atoms with Gasteiger partial charge in [0.05, 0.1) is 35.0 Å². The van der Waals surface area contributed by atoms with Crippen molar-refractivity contribution in [3.8, 4) is 45.9 Å². The Morgan fingerprint density at radius 1 is 0.652 bits per heavy atom. The molecule has 0 unspecified atom stereocenters. The molecule has 4 heterocycles. The fourth-order valence-electron chi connectivity index (χ4n) is 6.42. The number of hydrogen-bond acceptors (Lipinski definition) is 12. The number of fused-ring (bicyclic) bond motifs is 2. The van der Waals surface area contributed by atoms with Crippen molar-refractivity contribution in [2.75, 3.05) is 47.6 Å². The van der Waals surface area contributed by atoms with Gasteiger partial charge < -0.3 is 28.9 Å². The number of benzene rings is 4. The molecule has 0 radical (unpaired) electrons. The second kappa shape index (κ2) is 22.1. The Kier molecular flexibility index (Phi) is 16.7. The maximum atomic E-state index is 13.1. The van der Waals surface area contributed by atoms with E-state index in [4.69, 9.17) is 18.3 Å². The van der Waals surface area contributed by atoms with E-state index in [1.165, 1.54) is 88.1 Å². The van der Waals surface area contributed by atoms with E-state index in [0.717, 1.165) is 16.8 Å². The van der Waals surface area contributed by atoms with E-state index in [0.29, 0.717) is 59.2 Å². The minimum atomic E-state index is -3.52. The minimum Gasteiger partial charge on any atom is -0.455 e. The van der Waals surface area contributed by atoms with Crippen LogP contribution in [0.4, 0.5) is 20.2 Å². The number of nitrogens with zero attached hydrogens (tertiary/aromatic N) is 3. The lowest BCUT2D eigenvalue weighted by Crippen LogP contribution is -2.25. The number of halogens is 5. The standard InChI is InChI=1S/C23H19BrFN3O5S.C22H17BrFN3O5S.CH3I/c1-26-23(29)21-16-10-17(24)18(28(2)34(3,30)31)11-19(16)33-22(21)13-4-9-20(27-12-13)32-15-7-5-14(25)6-8-15;1-25-22(28)20-15-9-16(23)17(27-33(2,29)30)10-18(15)32-21(20)12-3-8-19(26-11-12)31-14-6-4-13(24)5-7-14;1-2/h4-12H,1-3H3,(H,26,29);3-11,27H,1-2H3,(H,25,28);1H3. The monoisotopic (exact) mass is 1220 g/mol. The summed E-state index contributed by atoms with van der Waals surface area (Å²) in [7, 11) is -2.62. The van der Waals surface area contributed by atoms with Gasteiger partial charge in [-0.1, -0.05) is 22.6 Å². The molecule has 8 rings (SSSR count). The molecule has 0 aliphatic heterocycles. The number of sulfonamides is 2. The fraction of sp³-hybridized carbons (Fsp3) is 0.130. The number of furan rings is 2. The quantitative estimate of drug-likeness (QED) is 0.0770. The van der Waals surface area contributed by atoms with Gasteiger partial charge in [-0.25, -0.2) is 35.6 Å². The number of carbonyl (C=O) groups excluding carboxylic acids is 2. The van der Waals surface area contributed by atoms with Gasteiger partial charge >= 0.3 is 0 Å². The van der Waals surface area contributed by atoms with Crippen LogP contribution in [0.5, 0.6) is 23.3 Å². The summed E-state index contributed by atoms with van der Waals surface area (Å²) in [5.74, 6) is 0.389. The minimum absolute atomic E-state index is 0.258. The normalized spacial score (nSPS) is 11.2. The summed E-state index contributed by atoms with van der Waals surface area (Å²) in [5.41, 5.74) is 2.84. The van der Waals surface area contributed by atoms with Crippen LogP contribution in [-0.4, -0.2) is 77.2 Å². The topological polar surface area (TPSA) is 212 Å². The largest absolute Gasteiger partial charge is 0.455 e. The molecule has 23 heteroatoms. The summed E-state index contributed by atoms with van der Waals surface area (Å²) in [6.07, 6.45) is 5.10. The molecule has 69 heavy (non-hydrogen) atoms. The molecule has 0 spiro atoms. The zero-order chi connectivity index (χ0) is 50.4. The second-order valence-corrected chi connectivity index (χ2v) is 19.9. The van der Waals surface area contributed by atoms with Crippen molar-refractivity contribution < 1.29 is 53.5 Å². The molecule has 2 amide bonds. The summed E-state index contributed by atoms with van der Waals surface area (Å²) < 4.78 is 101. The van der Waals surface area contributed by atoms with E-state index in [1.807, 2.05) is 4.93 Å². The highest BCUT2D eigenvalue weighted by Gasteiger charge is 2.26.